The van der Waals surface area contributed by atoms with E-state index in [4.69, 9.17) is 0 Å². The van der Waals surface area contributed by atoms with E-state index >= 15 is 0 Å². The molecule has 5 rings (SSSR count). The van der Waals surface area contributed by atoms with Gasteiger partial charge >= 0.3 is 6.18 Å². The van der Waals surface area contributed by atoms with Crippen LogP contribution in [0.1, 0.15) is 36.2 Å². The van der Waals surface area contributed by atoms with E-state index in [1.165, 1.54) is 24.3 Å². The maximum Gasteiger partial charge on any atom is 0.416 e. The number of fused-ring (bicyclic) bond motifs is 1. The van der Waals surface area contributed by atoms with Crippen LogP contribution in [0.25, 0.3) is 22.0 Å². The maximum atomic E-state index is 14.5. The second-order valence-electron chi connectivity index (χ2n) is 12.1. The molecule has 50 heavy (non-hydrogen) atoms. The lowest BCUT2D eigenvalue weighted by Gasteiger charge is -2.28. The Labute approximate surface area is 286 Å². The monoisotopic (exact) mass is 693 g/mol. The second-order valence-corrected chi connectivity index (χ2v) is 12.1. The van der Waals surface area contributed by atoms with Crippen LogP contribution in [0.15, 0.2) is 95.8 Å². The molecule has 0 aliphatic rings. The first kappa shape index (κ1) is 36.4. The molecule has 0 aliphatic heterocycles. The molecule has 262 valence electrons. The molecule has 0 unspecified atom stereocenters. The molecular weight excluding hydrogens is 656 g/mol. The Morgan fingerprint density at radius 2 is 1.40 bits per heavy atom. The van der Waals surface area contributed by atoms with Crippen molar-refractivity contribution in [3.63, 3.8) is 0 Å². The number of hydrogen-bond acceptors (Lipinski definition) is 3. The van der Waals surface area contributed by atoms with E-state index in [1.54, 1.807) is 45.9 Å². The molecule has 0 saturated heterocycles. The third kappa shape index (κ3) is 8.45. The zero-order valence-corrected chi connectivity index (χ0v) is 27.7. The number of hydrogen-bond donors (Lipinski definition) is 0. The van der Waals surface area contributed by atoms with Crippen molar-refractivity contribution < 1.29 is 31.1 Å². The number of aryl methyl sites for hydroxylation is 2. The van der Waals surface area contributed by atoms with E-state index in [0.717, 1.165) is 42.4 Å². The third-order valence-corrected chi connectivity index (χ3v) is 8.97. The lowest BCUT2D eigenvalue weighted by atomic mass is 10.0. The number of halogens is 6. The van der Waals surface area contributed by atoms with Crippen molar-refractivity contribution in [2.45, 2.75) is 46.0 Å². The van der Waals surface area contributed by atoms with Gasteiger partial charge in [-0.05, 0) is 78.5 Å². The number of benzene rings is 4. The van der Waals surface area contributed by atoms with E-state index in [0.29, 0.717) is 35.2 Å². The number of likely N-dealkylation sites (N-methyl/N-ethyl adjacent to an activating group) is 1. The van der Waals surface area contributed by atoms with E-state index < -0.39 is 29.2 Å². The number of carbonyl (C=O) groups is 1. The third-order valence-electron chi connectivity index (χ3n) is 8.97. The Hall–Kier alpha value is -4.90. The quantitative estimate of drug-likeness (QED) is 0.0922. The molecular formula is C39H37F6N3O2. The van der Waals surface area contributed by atoms with Crippen molar-refractivity contribution >= 4 is 16.8 Å². The lowest BCUT2D eigenvalue weighted by Crippen LogP contribution is -2.40. The van der Waals surface area contributed by atoms with Crippen molar-refractivity contribution in [1.82, 2.24) is 14.4 Å². The second kappa shape index (κ2) is 15.8. The number of amides is 1. The van der Waals surface area contributed by atoms with Crippen molar-refractivity contribution in [2.24, 2.45) is 0 Å². The molecule has 5 nitrogen and oxygen atoms in total. The number of pyridine rings is 1. The Balaban J connectivity index is 1.42. The van der Waals surface area contributed by atoms with Crippen LogP contribution in [0.3, 0.4) is 0 Å². The van der Waals surface area contributed by atoms with Crippen LogP contribution < -0.4 is 5.43 Å². The van der Waals surface area contributed by atoms with Gasteiger partial charge in [-0.1, -0.05) is 68.4 Å². The highest BCUT2D eigenvalue weighted by Crippen LogP contribution is 2.31. The fourth-order valence-corrected chi connectivity index (χ4v) is 6.00. The number of para-hydroxylation sites is 1. The summed E-state index contributed by atoms with van der Waals surface area (Å²) in [5.41, 5.74) is 2.06. The van der Waals surface area contributed by atoms with E-state index in [9.17, 15) is 35.9 Å². The average molecular weight is 694 g/mol. The van der Waals surface area contributed by atoms with Crippen LogP contribution in [0.4, 0.5) is 26.3 Å². The summed E-state index contributed by atoms with van der Waals surface area (Å²) in [6.07, 6.45) is -4.38. The Bertz CT molecular complexity index is 2000. The van der Waals surface area contributed by atoms with Gasteiger partial charge in [-0.25, -0.2) is 13.2 Å². The van der Waals surface area contributed by atoms with Crippen LogP contribution in [0, 0.1) is 17.5 Å². The molecule has 0 fully saturated rings. The standard InChI is InChI=1S/C39H37F6N3O2/c1-3-46(4-2)21-22-47(24-26-9-11-27(12-10-26)28-13-17-30(18-14-28)39(43,44)45)36(50)25-48-31(23-35(49)32-7-5-6-8-34(32)48)19-15-29-16-20-33(40)38(42)37(29)41/h5-14,16-18,20,23H,3-4,15,19,21-22,24-25H2,1-2H3. The molecule has 0 atom stereocenters. The minimum atomic E-state index is -4.42. The van der Waals surface area contributed by atoms with Gasteiger partial charge in [0.05, 0.1) is 11.1 Å². The molecule has 1 heterocycles. The van der Waals surface area contributed by atoms with Gasteiger partial charge in [0.1, 0.15) is 6.54 Å². The summed E-state index contributed by atoms with van der Waals surface area (Å²) in [5.74, 6) is -4.39. The van der Waals surface area contributed by atoms with Crippen LogP contribution in [0.5, 0.6) is 0 Å². The molecule has 0 N–H and O–H groups in total. The average Bonchev–Trinajstić information content (AvgIpc) is 3.11. The molecule has 1 amide bonds. The van der Waals surface area contributed by atoms with Crippen molar-refractivity contribution in [3.8, 4) is 11.1 Å². The molecule has 0 bridgehead atoms. The molecule has 11 heteroatoms. The molecule has 5 aromatic rings. The van der Waals surface area contributed by atoms with Crippen LogP contribution in [-0.4, -0.2) is 46.5 Å². The molecule has 4 aromatic carbocycles. The van der Waals surface area contributed by atoms with E-state index in [-0.39, 0.29) is 42.8 Å². The normalized spacial score (nSPS) is 11.8. The molecule has 0 saturated carbocycles. The largest absolute Gasteiger partial charge is 0.416 e. The number of alkyl halides is 3. The molecule has 0 aliphatic carbocycles. The van der Waals surface area contributed by atoms with Gasteiger partial charge in [0.2, 0.25) is 5.91 Å². The number of nitrogens with zero attached hydrogens (tertiary/aromatic N) is 3. The first-order chi connectivity index (χ1) is 23.9. The summed E-state index contributed by atoms with van der Waals surface area (Å²) < 4.78 is 82.9. The van der Waals surface area contributed by atoms with Crippen LogP contribution in [0.2, 0.25) is 0 Å². The van der Waals surface area contributed by atoms with Gasteiger partial charge in [0, 0.05) is 36.8 Å². The van der Waals surface area contributed by atoms with Crippen molar-refractivity contribution in [3.05, 3.63) is 141 Å². The zero-order chi connectivity index (χ0) is 36.0. The summed E-state index contributed by atoms with van der Waals surface area (Å²) in [4.78, 5) is 31.1. The Kier molecular flexibility index (Phi) is 11.5. The molecule has 0 radical (unpaired) electrons. The smallest absolute Gasteiger partial charge is 0.336 e. The Morgan fingerprint density at radius 3 is 2.04 bits per heavy atom. The number of rotatable bonds is 13. The summed E-state index contributed by atoms with van der Waals surface area (Å²) in [7, 11) is 0. The number of carbonyl (C=O) groups excluding carboxylic acids is 1. The molecule has 1 aromatic heterocycles. The summed E-state index contributed by atoms with van der Waals surface area (Å²) in [6, 6.07) is 22.5. The number of aromatic nitrogens is 1. The van der Waals surface area contributed by atoms with E-state index in [1.807, 2.05) is 26.0 Å². The summed E-state index contributed by atoms with van der Waals surface area (Å²) >= 11 is 0. The Morgan fingerprint density at radius 1 is 0.760 bits per heavy atom. The highest BCUT2D eigenvalue weighted by molar-refractivity contribution is 5.83. The predicted octanol–water partition coefficient (Wildman–Crippen LogP) is 8.26. The van der Waals surface area contributed by atoms with Gasteiger partial charge in [0.15, 0.2) is 22.9 Å². The topological polar surface area (TPSA) is 45.5 Å². The highest BCUT2D eigenvalue weighted by Gasteiger charge is 2.30. The van der Waals surface area contributed by atoms with Gasteiger partial charge in [-0.2, -0.15) is 13.2 Å². The zero-order valence-electron chi connectivity index (χ0n) is 27.7. The van der Waals surface area contributed by atoms with Crippen LogP contribution in [-0.2, 0) is 36.9 Å². The van der Waals surface area contributed by atoms with Gasteiger partial charge in [0.25, 0.3) is 0 Å². The van der Waals surface area contributed by atoms with Crippen molar-refractivity contribution in [2.75, 3.05) is 26.2 Å². The fraction of sp³-hybridized carbons (Fsp3) is 0.282. The minimum Gasteiger partial charge on any atom is -0.336 e. The van der Waals surface area contributed by atoms with Gasteiger partial charge in [-0.3, -0.25) is 9.59 Å². The lowest BCUT2D eigenvalue weighted by molar-refractivity contribution is -0.137. The molecule has 0 spiro atoms. The minimum absolute atomic E-state index is 0.0358. The van der Waals surface area contributed by atoms with Crippen molar-refractivity contribution in [1.29, 1.82) is 0 Å². The van der Waals surface area contributed by atoms with Gasteiger partial charge in [-0.15, -0.1) is 0 Å². The first-order valence-electron chi connectivity index (χ1n) is 16.4. The SMILES string of the molecule is CCN(CC)CCN(Cc1ccc(-c2ccc(C(F)(F)F)cc2)cc1)C(=O)Cn1c(CCc2ccc(F)c(F)c2F)cc(=O)c2ccccc21. The fourth-order valence-electron chi connectivity index (χ4n) is 6.00. The summed E-state index contributed by atoms with van der Waals surface area (Å²) in [5, 5.41) is 0.400. The predicted molar refractivity (Wildman–Crippen MR) is 182 cm³/mol. The van der Waals surface area contributed by atoms with Crippen LogP contribution >= 0.6 is 0 Å². The maximum absolute atomic E-state index is 14.5. The first-order valence-corrected chi connectivity index (χ1v) is 16.4. The van der Waals surface area contributed by atoms with E-state index in [2.05, 4.69) is 4.90 Å². The summed E-state index contributed by atoms with van der Waals surface area (Å²) in [6.45, 7) is 6.75. The van der Waals surface area contributed by atoms with Gasteiger partial charge < -0.3 is 14.4 Å². The highest BCUT2D eigenvalue weighted by atomic mass is 19.4.